The topological polar surface area (TPSA) is 90.7 Å². The number of pyridine rings is 1. The van der Waals surface area contributed by atoms with Crippen LogP contribution in [0.1, 0.15) is 0 Å². The molecule has 0 bridgehead atoms. The van der Waals surface area contributed by atoms with E-state index in [1.54, 1.807) is 6.20 Å². The maximum atomic E-state index is 5.88. The zero-order valence-electron chi connectivity index (χ0n) is 8.79. The Labute approximate surface area is 101 Å². The molecule has 0 unspecified atom stereocenters. The van der Waals surface area contributed by atoms with Crippen LogP contribution in [0.25, 0.3) is 21.7 Å². The van der Waals surface area contributed by atoms with Crippen LogP contribution in [-0.2, 0) is 0 Å². The highest BCUT2D eigenvalue weighted by atomic mass is 32.1. The van der Waals surface area contributed by atoms with Gasteiger partial charge in [-0.25, -0.2) is 9.97 Å². The fourth-order valence-corrected chi connectivity index (χ4v) is 2.37. The van der Waals surface area contributed by atoms with Gasteiger partial charge in [0.15, 0.2) is 5.82 Å². The van der Waals surface area contributed by atoms with E-state index in [4.69, 9.17) is 11.5 Å². The Morgan fingerprint density at radius 1 is 1.12 bits per heavy atom. The van der Waals surface area contributed by atoms with Crippen molar-refractivity contribution in [3.8, 4) is 11.5 Å². The number of nitrogens with zero attached hydrogens (tertiary/aromatic N) is 3. The third-order valence-corrected chi connectivity index (χ3v) is 3.37. The molecule has 0 saturated heterocycles. The predicted molar refractivity (Wildman–Crippen MR) is 69.5 cm³/mol. The van der Waals surface area contributed by atoms with Crippen LogP contribution in [0.5, 0.6) is 0 Å². The number of nitrogens with two attached hydrogens (primary N) is 2. The minimum absolute atomic E-state index is 0.442. The minimum atomic E-state index is 0.442. The quantitative estimate of drug-likeness (QED) is 0.681. The van der Waals surface area contributed by atoms with Crippen molar-refractivity contribution in [2.24, 2.45) is 0 Å². The molecule has 0 aliphatic rings. The van der Waals surface area contributed by atoms with Gasteiger partial charge in [-0.3, -0.25) is 4.98 Å². The molecule has 0 atom stereocenters. The normalized spacial score (nSPS) is 10.8. The molecule has 5 nitrogen and oxygen atoms in total. The summed E-state index contributed by atoms with van der Waals surface area (Å²) in [4.78, 5) is 12.8. The summed E-state index contributed by atoms with van der Waals surface area (Å²) >= 11 is 1.45. The van der Waals surface area contributed by atoms with E-state index in [1.807, 2.05) is 23.6 Å². The predicted octanol–water partition coefficient (Wildman–Crippen LogP) is 1.92. The largest absolute Gasteiger partial charge is 0.396 e. The van der Waals surface area contributed by atoms with Crippen LogP contribution in [0.4, 0.5) is 11.5 Å². The molecule has 3 aromatic heterocycles. The monoisotopic (exact) mass is 243 g/mol. The molecule has 3 rings (SSSR count). The molecule has 3 heterocycles. The molecule has 0 radical (unpaired) electrons. The Morgan fingerprint density at radius 2 is 2.00 bits per heavy atom. The molecular weight excluding hydrogens is 234 g/mol. The number of anilines is 2. The Morgan fingerprint density at radius 3 is 2.76 bits per heavy atom. The van der Waals surface area contributed by atoms with E-state index in [-0.39, 0.29) is 0 Å². The van der Waals surface area contributed by atoms with Crippen molar-refractivity contribution in [3.05, 3.63) is 29.8 Å². The average molecular weight is 243 g/mol. The molecule has 0 aliphatic heterocycles. The summed E-state index contributed by atoms with van der Waals surface area (Å²) in [5.74, 6) is 0.943. The summed E-state index contributed by atoms with van der Waals surface area (Å²) in [5, 5.41) is 1.82. The van der Waals surface area contributed by atoms with Crippen LogP contribution in [0.2, 0.25) is 0 Å². The molecular formula is C11H9N5S. The number of fused-ring (bicyclic) bond motifs is 1. The summed E-state index contributed by atoms with van der Waals surface area (Å²) in [6.45, 7) is 0. The lowest BCUT2D eigenvalue weighted by Gasteiger charge is -2.01. The summed E-state index contributed by atoms with van der Waals surface area (Å²) in [5.41, 5.74) is 13.7. The van der Waals surface area contributed by atoms with Gasteiger partial charge < -0.3 is 11.5 Å². The zero-order valence-corrected chi connectivity index (χ0v) is 9.61. The second-order valence-corrected chi connectivity index (χ2v) is 4.40. The zero-order chi connectivity index (χ0) is 11.8. The molecule has 17 heavy (non-hydrogen) atoms. The maximum absolute atomic E-state index is 5.88. The molecule has 3 aromatic rings. The van der Waals surface area contributed by atoms with Crippen LogP contribution in [0.15, 0.2) is 29.8 Å². The molecule has 6 heteroatoms. The number of hydrogen-bond donors (Lipinski definition) is 2. The van der Waals surface area contributed by atoms with Gasteiger partial charge in [-0.05, 0) is 12.1 Å². The van der Waals surface area contributed by atoms with E-state index in [9.17, 15) is 0 Å². The van der Waals surface area contributed by atoms with Gasteiger partial charge in [0.1, 0.15) is 17.0 Å². The van der Waals surface area contributed by atoms with E-state index in [2.05, 4.69) is 15.0 Å². The Hall–Kier alpha value is -2.21. The van der Waals surface area contributed by atoms with Crippen LogP contribution < -0.4 is 11.5 Å². The van der Waals surface area contributed by atoms with Crippen LogP contribution in [0, 0.1) is 0 Å². The Kier molecular flexibility index (Phi) is 2.15. The first-order chi connectivity index (χ1) is 8.25. The van der Waals surface area contributed by atoms with E-state index >= 15 is 0 Å². The van der Waals surface area contributed by atoms with Crippen LogP contribution >= 0.6 is 11.3 Å². The molecule has 0 spiro atoms. The summed E-state index contributed by atoms with van der Waals surface area (Å²) in [6.07, 6.45) is 1.69. The SMILES string of the molecule is Nc1csc2c(N)nc(-c3ccccn3)nc12. The maximum Gasteiger partial charge on any atom is 0.180 e. The second-order valence-electron chi connectivity index (χ2n) is 3.52. The molecule has 84 valence electrons. The fraction of sp³-hybridized carbons (Fsp3) is 0. The first kappa shape index (κ1) is 9.98. The summed E-state index contributed by atoms with van der Waals surface area (Å²) in [6, 6.07) is 5.55. The molecule has 4 N–H and O–H groups in total. The van der Waals surface area contributed by atoms with Gasteiger partial charge in [-0.2, -0.15) is 0 Å². The van der Waals surface area contributed by atoms with Gasteiger partial charge in [0.2, 0.25) is 0 Å². The second kappa shape index (κ2) is 3.67. The third-order valence-electron chi connectivity index (χ3n) is 2.36. The molecule has 0 saturated carbocycles. The highest BCUT2D eigenvalue weighted by Gasteiger charge is 2.11. The van der Waals surface area contributed by atoms with Gasteiger partial charge in [0.05, 0.1) is 10.4 Å². The average Bonchev–Trinajstić information content (AvgIpc) is 2.73. The van der Waals surface area contributed by atoms with E-state index in [0.29, 0.717) is 28.5 Å². The van der Waals surface area contributed by atoms with Crippen molar-refractivity contribution in [1.29, 1.82) is 0 Å². The molecule has 0 aromatic carbocycles. The number of rotatable bonds is 1. The summed E-state index contributed by atoms with van der Waals surface area (Å²) in [7, 11) is 0. The molecule has 0 amide bonds. The lowest BCUT2D eigenvalue weighted by Crippen LogP contribution is -1.98. The van der Waals surface area contributed by atoms with E-state index < -0.39 is 0 Å². The molecule has 0 aliphatic carbocycles. The Bertz CT molecular complexity index is 677. The van der Waals surface area contributed by atoms with E-state index in [0.717, 1.165) is 4.70 Å². The van der Waals surface area contributed by atoms with E-state index in [1.165, 1.54) is 11.3 Å². The van der Waals surface area contributed by atoms with Gasteiger partial charge in [-0.15, -0.1) is 11.3 Å². The summed E-state index contributed by atoms with van der Waals surface area (Å²) < 4.78 is 0.821. The van der Waals surface area contributed by atoms with Crippen LogP contribution in [-0.4, -0.2) is 15.0 Å². The minimum Gasteiger partial charge on any atom is -0.396 e. The van der Waals surface area contributed by atoms with Crippen molar-refractivity contribution in [1.82, 2.24) is 15.0 Å². The Balaban J connectivity index is 2.28. The van der Waals surface area contributed by atoms with Gasteiger partial charge >= 0.3 is 0 Å². The van der Waals surface area contributed by atoms with Crippen molar-refractivity contribution in [2.75, 3.05) is 11.5 Å². The van der Waals surface area contributed by atoms with Crippen LogP contribution in [0.3, 0.4) is 0 Å². The smallest absolute Gasteiger partial charge is 0.180 e. The number of aromatic nitrogens is 3. The lowest BCUT2D eigenvalue weighted by atomic mass is 10.3. The van der Waals surface area contributed by atoms with Crippen molar-refractivity contribution in [3.63, 3.8) is 0 Å². The number of nitrogen functional groups attached to an aromatic ring is 2. The van der Waals surface area contributed by atoms with Crippen molar-refractivity contribution < 1.29 is 0 Å². The van der Waals surface area contributed by atoms with Gasteiger partial charge in [0, 0.05) is 11.6 Å². The number of hydrogen-bond acceptors (Lipinski definition) is 6. The number of thiophene rings is 1. The standard InChI is InChI=1S/C11H9N5S/c12-6-5-17-9-8(6)15-11(16-10(9)13)7-3-1-2-4-14-7/h1-5H,12H2,(H2,13,15,16). The van der Waals surface area contributed by atoms with Crippen molar-refractivity contribution >= 4 is 33.1 Å². The fourth-order valence-electron chi connectivity index (χ4n) is 1.57. The highest BCUT2D eigenvalue weighted by Crippen LogP contribution is 2.31. The first-order valence-corrected chi connectivity index (χ1v) is 5.85. The highest BCUT2D eigenvalue weighted by molar-refractivity contribution is 7.18. The van der Waals surface area contributed by atoms with Crippen molar-refractivity contribution in [2.45, 2.75) is 0 Å². The van der Waals surface area contributed by atoms with Gasteiger partial charge in [0.25, 0.3) is 0 Å². The third kappa shape index (κ3) is 1.58. The van der Waals surface area contributed by atoms with Gasteiger partial charge in [-0.1, -0.05) is 6.07 Å². The lowest BCUT2D eigenvalue weighted by molar-refractivity contribution is 1.19. The first-order valence-electron chi connectivity index (χ1n) is 4.97. The molecule has 0 fully saturated rings.